The molecule has 0 aromatic heterocycles. The summed E-state index contributed by atoms with van der Waals surface area (Å²) in [7, 11) is 3.77. The number of halogens is 1. The molecule has 100 valence electrons. The molecule has 2 rings (SSSR count). The van der Waals surface area contributed by atoms with E-state index in [1.807, 2.05) is 0 Å². The van der Waals surface area contributed by atoms with Crippen LogP contribution in [0, 0.1) is 5.41 Å². The highest BCUT2D eigenvalue weighted by atomic mass is 79.9. The van der Waals surface area contributed by atoms with Gasteiger partial charge in [0.2, 0.25) is 0 Å². The Bertz CT molecular complexity index is 399. The first kappa shape index (κ1) is 13.9. The molecule has 0 aliphatic heterocycles. The second-order valence-electron chi connectivity index (χ2n) is 5.38. The molecule has 1 saturated carbocycles. The van der Waals surface area contributed by atoms with E-state index in [1.54, 1.807) is 7.11 Å². The second kappa shape index (κ2) is 6.07. The van der Waals surface area contributed by atoms with Crippen molar-refractivity contribution in [3.8, 4) is 5.75 Å². The van der Waals surface area contributed by atoms with Crippen LogP contribution in [0.3, 0.4) is 0 Å². The van der Waals surface area contributed by atoms with Crippen LogP contribution in [-0.4, -0.2) is 20.7 Å². The number of benzene rings is 1. The molecule has 0 spiro atoms. The third-order valence-electron chi connectivity index (χ3n) is 4.01. The van der Waals surface area contributed by atoms with E-state index in [9.17, 15) is 0 Å². The fraction of sp³-hybridized carbons (Fsp3) is 0.600. The van der Waals surface area contributed by atoms with Gasteiger partial charge in [0, 0.05) is 6.54 Å². The van der Waals surface area contributed by atoms with Gasteiger partial charge in [0.1, 0.15) is 5.75 Å². The van der Waals surface area contributed by atoms with Crippen LogP contribution in [-0.2, 0) is 6.42 Å². The molecule has 0 unspecified atom stereocenters. The van der Waals surface area contributed by atoms with Gasteiger partial charge in [-0.1, -0.05) is 18.9 Å². The molecule has 0 radical (unpaired) electrons. The first-order chi connectivity index (χ1) is 8.69. The van der Waals surface area contributed by atoms with Crippen molar-refractivity contribution >= 4 is 15.9 Å². The van der Waals surface area contributed by atoms with Gasteiger partial charge in [-0.2, -0.15) is 0 Å². The van der Waals surface area contributed by atoms with E-state index in [0.717, 1.165) is 23.2 Å². The molecule has 0 atom stereocenters. The van der Waals surface area contributed by atoms with Crippen molar-refractivity contribution in [2.45, 2.75) is 32.1 Å². The van der Waals surface area contributed by atoms with Gasteiger partial charge in [0.25, 0.3) is 0 Å². The third kappa shape index (κ3) is 3.07. The minimum Gasteiger partial charge on any atom is -0.496 e. The minimum atomic E-state index is 0.461. The summed E-state index contributed by atoms with van der Waals surface area (Å²) in [5.74, 6) is 0.910. The van der Waals surface area contributed by atoms with Crippen molar-refractivity contribution in [1.82, 2.24) is 5.32 Å². The molecule has 0 saturated heterocycles. The average Bonchev–Trinajstić information content (AvgIpc) is 2.78. The molecule has 1 aliphatic carbocycles. The molecule has 1 fully saturated rings. The van der Waals surface area contributed by atoms with Crippen LogP contribution in [0.2, 0.25) is 0 Å². The summed E-state index contributed by atoms with van der Waals surface area (Å²) >= 11 is 3.57. The van der Waals surface area contributed by atoms with E-state index < -0.39 is 0 Å². The quantitative estimate of drug-likeness (QED) is 0.893. The van der Waals surface area contributed by atoms with Crippen LogP contribution in [0.15, 0.2) is 22.7 Å². The lowest BCUT2D eigenvalue weighted by atomic mass is 9.80. The van der Waals surface area contributed by atoms with E-state index in [4.69, 9.17) is 4.74 Å². The van der Waals surface area contributed by atoms with E-state index in [-0.39, 0.29) is 0 Å². The van der Waals surface area contributed by atoms with Crippen LogP contribution in [0.25, 0.3) is 0 Å². The van der Waals surface area contributed by atoms with Crippen molar-refractivity contribution in [3.05, 3.63) is 28.2 Å². The second-order valence-corrected chi connectivity index (χ2v) is 6.24. The standard InChI is InChI=1S/C15H22BrNO/c1-17-11-15(7-3-4-8-15)10-12-5-6-14(18-2)13(16)9-12/h5-6,9,17H,3-4,7-8,10-11H2,1-2H3. The molecular formula is C15H22BrNO. The molecule has 1 aromatic carbocycles. The van der Waals surface area contributed by atoms with Crippen molar-refractivity contribution in [2.24, 2.45) is 5.41 Å². The maximum atomic E-state index is 5.28. The summed E-state index contributed by atoms with van der Waals surface area (Å²) in [6.07, 6.45) is 6.60. The minimum absolute atomic E-state index is 0.461. The lowest BCUT2D eigenvalue weighted by Crippen LogP contribution is -2.32. The largest absolute Gasteiger partial charge is 0.496 e. The first-order valence-electron chi connectivity index (χ1n) is 6.66. The maximum absolute atomic E-state index is 5.28. The summed E-state index contributed by atoms with van der Waals surface area (Å²) in [5, 5.41) is 3.37. The molecule has 1 aromatic rings. The number of hydrogen-bond acceptors (Lipinski definition) is 2. The van der Waals surface area contributed by atoms with Crippen LogP contribution in [0.4, 0.5) is 0 Å². The smallest absolute Gasteiger partial charge is 0.133 e. The average molecular weight is 312 g/mol. The first-order valence-corrected chi connectivity index (χ1v) is 7.45. The zero-order chi connectivity index (χ0) is 13.0. The molecule has 1 aliphatic rings. The van der Waals surface area contributed by atoms with Crippen LogP contribution >= 0.6 is 15.9 Å². The predicted molar refractivity (Wildman–Crippen MR) is 79.2 cm³/mol. The Morgan fingerprint density at radius 3 is 2.61 bits per heavy atom. The Morgan fingerprint density at radius 2 is 2.06 bits per heavy atom. The molecule has 0 amide bonds. The molecule has 2 nitrogen and oxygen atoms in total. The summed E-state index contributed by atoms with van der Waals surface area (Å²) in [6.45, 7) is 1.12. The van der Waals surface area contributed by atoms with Crippen molar-refractivity contribution < 1.29 is 4.74 Å². The maximum Gasteiger partial charge on any atom is 0.133 e. The topological polar surface area (TPSA) is 21.3 Å². The highest BCUT2D eigenvalue weighted by Gasteiger charge is 2.33. The van der Waals surface area contributed by atoms with Crippen molar-refractivity contribution in [2.75, 3.05) is 20.7 Å². The highest BCUT2D eigenvalue weighted by Crippen LogP contribution is 2.41. The fourth-order valence-corrected chi connectivity index (χ4v) is 3.76. The Balaban J connectivity index is 2.14. The van der Waals surface area contributed by atoms with Gasteiger partial charge >= 0.3 is 0 Å². The zero-order valence-electron chi connectivity index (χ0n) is 11.3. The van der Waals surface area contributed by atoms with E-state index in [1.165, 1.54) is 31.2 Å². The van der Waals surface area contributed by atoms with Gasteiger partial charge in [-0.05, 0) is 65.4 Å². The van der Waals surface area contributed by atoms with Crippen LogP contribution in [0.1, 0.15) is 31.2 Å². The molecule has 0 heterocycles. The normalized spacial score (nSPS) is 17.9. The Labute approximate surface area is 118 Å². The van der Waals surface area contributed by atoms with Crippen molar-refractivity contribution in [1.29, 1.82) is 0 Å². The summed E-state index contributed by atoms with van der Waals surface area (Å²) in [6, 6.07) is 6.45. The zero-order valence-corrected chi connectivity index (χ0v) is 12.8. The van der Waals surface area contributed by atoms with Gasteiger partial charge < -0.3 is 10.1 Å². The number of rotatable bonds is 5. The van der Waals surface area contributed by atoms with Gasteiger partial charge in [-0.25, -0.2) is 0 Å². The van der Waals surface area contributed by atoms with Gasteiger partial charge in [0.05, 0.1) is 11.6 Å². The van der Waals surface area contributed by atoms with Gasteiger partial charge in [0.15, 0.2) is 0 Å². The molecule has 1 N–H and O–H groups in total. The Hall–Kier alpha value is -0.540. The number of hydrogen-bond donors (Lipinski definition) is 1. The highest BCUT2D eigenvalue weighted by molar-refractivity contribution is 9.10. The van der Waals surface area contributed by atoms with Gasteiger partial charge in [-0.15, -0.1) is 0 Å². The molecule has 0 bridgehead atoms. The number of methoxy groups -OCH3 is 1. The Morgan fingerprint density at radius 1 is 1.33 bits per heavy atom. The SMILES string of the molecule is CNCC1(Cc2ccc(OC)c(Br)c2)CCCC1. The third-order valence-corrected chi connectivity index (χ3v) is 4.63. The Kier molecular flexibility index (Phi) is 4.68. The monoisotopic (exact) mass is 311 g/mol. The van der Waals surface area contributed by atoms with Crippen LogP contribution < -0.4 is 10.1 Å². The summed E-state index contributed by atoms with van der Waals surface area (Å²) in [5.41, 5.74) is 1.86. The summed E-state index contributed by atoms with van der Waals surface area (Å²) in [4.78, 5) is 0. The van der Waals surface area contributed by atoms with E-state index in [0.29, 0.717) is 5.41 Å². The van der Waals surface area contributed by atoms with Crippen LogP contribution in [0.5, 0.6) is 5.75 Å². The molecular weight excluding hydrogens is 290 g/mol. The van der Waals surface area contributed by atoms with Crippen molar-refractivity contribution in [3.63, 3.8) is 0 Å². The lowest BCUT2D eigenvalue weighted by Gasteiger charge is -2.29. The number of ether oxygens (including phenoxy) is 1. The fourth-order valence-electron chi connectivity index (χ4n) is 3.17. The summed E-state index contributed by atoms with van der Waals surface area (Å²) < 4.78 is 6.34. The van der Waals surface area contributed by atoms with E-state index in [2.05, 4.69) is 46.5 Å². The molecule has 18 heavy (non-hydrogen) atoms. The molecule has 3 heteroatoms. The number of nitrogens with one attached hydrogen (secondary N) is 1. The predicted octanol–water partition coefficient (Wildman–Crippen LogP) is 3.78. The lowest BCUT2D eigenvalue weighted by molar-refractivity contribution is 0.285. The van der Waals surface area contributed by atoms with Gasteiger partial charge in [-0.3, -0.25) is 0 Å². The van der Waals surface area contributed by atoms with E-state index >= 15 is 0 Å².